The van der Waals surface area contributed by atoms with Gasteiger partial charge in [0.05, 0.1) is 0 Å². The standard InChI is InChI=1S/C9H9ClO3.Na.H/c1-6(9(11)12)13-8-4-2-7(10)3-5-8;;/h2-6H,1H3,(H,11,12);;. The van der Waals surface area contributed by atoms with Crippen LogP contribution in [-0.2, 0) is 4.79 Å². The Morgan fingerprint density at radius 1 is 1.43 bits per heavy atom. The minimum atomic E-state index is -0.991. The summed E-state index contributed by atoms with van der Waals surface area (Å²) in [6, 6.07) is 6.54. The fourth-order valence-electron chi connectivity index (χ4n) is 0.768. The first-order valence-corrected chi connectivity index (χ1v) is 4.12. The van der Waals surface area contributed by atoms with Crippen molar-refractivity contribution in [3.8, 4) is 5.75 Å². The van der Waals surface area contributed by atoms with Crippen LogP contribution < -0.4 is 4.74 Å². The van der Waals surface area contributed by atoms with Gasteiger partial charge >= 0.3 is 35.5 Å². The van der Waals surface area contributed by atoms with Crippen LogP contribution in [0.5, 0.6) is 5.75 Å². The Morgan fingerprint density at radius 2 is 1.93 bits per heavy atom. The van der Waals surface area contributed by atoms with Gasteiger partial charge in [0.2, 0.25) is 0 Å². The van der Waals surface area contributed by atoms with Gasteiger partial charge in [-0.1, -0.05) is 11.6 Å². The number of hydrogen-bond donors (Lipinski definition) is 1. The minimum absolute atomic E-state index is 0. The molecule has 0 aliphatic rings. The van der Waals surface area contributed by atoms with Gasteiger partial charge < -0.3 is 9.84 Å². The topological polar surface area (TPSA) is 46.5 Å². The molecule has 1 unspecified atom stereocenters. The molecule has 0 radical (unpaired) electrons. The van der Waals surface area contributed by atoms with Crippen molar-refractivity contribution in [3.63, 3.8) is 0 Å². The zero-order chi connectivity index (χ0) is 9.84. The molecule has 1 rings (SSSR count). The van der Waals surface area contributed by atoms with Gasteiger partial charge in [0, 0.05) is 5.02 Å². The molecule has 3 nitrogen and oxygen atoms in total. The number of rotatable bonds is 3. The summed E-state index contributed by atoms with van der Waals surface area (Å²) in [4.78, 5) is 10.4. The average molecular weight is 225 g/mol. The van der Waals surface area contributed by atoms with Crippen LogP contribution in [0.1, 0.15) is 6.92 Å². The van der Waals surface area contributed by atoms with E-state index >= 15 is 0 Å². The average Bonchev–Trinajstić information content (AvgIpc) is 2.08. The van der Waals surface area contributed by atoms with Crippen LogP contribution in [0.15, 0.2) is 24.3 Å². The number of ether oxygens (including phenoxy) is 1. The second-order valence-electron chi connectivity index (χ2n) is 2.55. The first kappa shape index (κ1) is 13.8. The zero-order valence-corrected chi connectivity index (χ0v) is 7.78. The molecule has 1 N–H and O–H groups in total. The number of carboxylic acid groups (broad SMARTS) is 1. The molecule has 1 atom stereocenters. The van der Waals surface area contributed by atoms with Gasteiger partial charge in [-0.25, -0.2) is 4.79 Å². The summed E-state index contributed by atoms with van der Waals surface area (Å²) >= 11 is 5.64. The third kappa shape index (κ3) is 4.33. The van der Waals surface area contributed by atoms with Gasteiger partial charge in [0.1, 0.15) is 5.75 Å². The van der Waals surface area contributed by atoms with Crippen molar-refractivity contribution in [3.05, 3.63) is 29.3 Å². The van der Waals surface area contributed by atoms with Crippen molar-refractivity contribution in [2.45, 2.75) is 13.0 Å². The van der Waals surface area contributed by atoms with Gasteiger partial charge in [-0.15, -0.1) is 0 Å². The number of halogens is 1. The quantitative estimate of drug-likeness (QED) is 0.793. The van der Waals surface area contributed by atoms with E-state index in [4.69, 9.17) is 21.4 Å². The number of benzene rings is 1. The Balaban J connectivity index is 0.00000169. The van der Waals surface area contributed by atoms with Crippen molar-refractivity contribution in [1.82, 2.24) is 0 Å². The molecule has 0 aromatic heterocycles. The Bertz CT molecular complexity index is 299. The molecule has 0 fully saturated rings. The van der Waals surface area contributed by atoms with Crippen molar-refractivity contribution in [1.29, 1.82) is 0 Å². The third-order valence-corrected chi connectivity index (χ3v) is 1.73. The van der Waals surface area contributed by atoms with Crippen LogP contribution in [-0.4, -0.2) is 46.7 Å². The summed E-state index contributed by atoms with van der Waals surface area (Å²) in [7, 11) is 0. The molecule has 0 spiro atoms. The van der Waals surface area contributed by atoms with Crippen LogP contribution in [0.4, 0.5) is 0 Å². The summed E-state index contributed by atoms with van der Waals surface area (Å²) in [5.74, 6) is -0.491. The molecule has 0 aliphatic heterocycles. The van der Waals surface area contributed by atoms with Gasteiger partial charge in [-0.2, -0.15) is 0 Å². The van der Waals surface area contributed by atoms with Crippen LogP contribution in [0.2, 0.25) is 5.02 Å². The molecule has 0 amide bonds. The second kappa shape index (κ2) is 6.30. The fourth-order valence-corrected chi connectivity index (χ4v) is 0.894. The molecular formula is C9H10ClNaO3. The Hall–Kier alpha value is -0.220. The third-order valence-electron chi connectivity index (χ3n) is 1.47. The zero-order valence-electron chi connectivity index (χ0n) is 7.03. The van der Waals surface area contributed by atoms with E-state index in [1.54, 1.807) is 24.3 Å². The van der Waals surface area contributed by atoms with Crippen molar-refractivity contribution in [2.75, 3.05) is 0 Å². The van der Waals surface area contributed by atoms with E-state index in [0.717, 1.165) is 0 Å². The number of carboxylic acids is 1. The van der Waals surface area contributed by atoms with Gasteiger partial charge in [-0.05, 0) is 31.2 Å². The predicted molar refractivity (Wildman–Crippen MR) is 56.3 cm³/mol. The molecule has 1 aromatic rings. The van der Waals surface area contributed by atoms with E-state index in [0.29, 0.717) is 10.8 Å². The SMILES string of the molecule is CC(Oc1ccc(Cl)cc1)C(=O)O.[NaH]. The number of aliphatic carboxylic acids is 1. The first-order valence-electron chi connectivity index (χ1n) is 3.74. The van der Waals surface area contributed by atoms with Crippen LogP contribution in [0.3, 0.4) is 0 Å². The summed E-state index contributed by atoms with van der Waals surface area (Å²) in [6.07, 6.45) is -0.846. The van der Waals surface area contributed by atoms with E-state index < -0.39 is 12.1 Å². The summed E-state index contributed by atoms with van der Waals surface area (Å²) < 4.78 is 5.07. The molecule has 0 bridgehead atoms. The van der Waals surface area contributed by atoms with Gasteiger partial charge in [0.25, 0.3) is 0 Å². The van der Waals surface area contributed by atoms with Crippen LogP contribution >= 0.6 is 11.6 Å². The fraction of sp³-hybridized carbons (Fsp3) is 0.222. The van der Waals surface area contributed by atoms with E-state index in [-0.39, 0.29) is 29.6 Å². The van der Waals surface area contributed by atoms with Crippen molar-refractivity contribution >= 4 is 47.1 Å². The van der Waals surface area contributed by atoms with Gasteiger partial charge in [-0.3, -0.25) is 0 Å². The predicted octanol–water partition coefficient (Wildman–Crippen LogP) is 1.54. The number of hydrogen-bond acceptors (Lipinski definition) is 2. The first-order chi connectivity index (χ1) is 6.09. The summed E-state index contributed by atoms with van der Waals surface area (Å²) in [5, 5.41) is 9.14. The molecule has 14 heavy (non-hydrogen) atoms. The van der Waals surface area contributed by atoms with Gasteiger partial charge in [0.15, 0.2) is 6.10 Å². The Morgan fingerprint density at radius 3 is 2.36 bits per heavy atom. The maximum absolute atomic E-state index is 10.4. The van der Waals surface area contributed by atoms with E-state index in [2.05, 4.69) is 0 Å². The molecule has 0 aliphatic carbocycles. The second-order valence-corrected chi connectivity index (χ2v) is 2.99. The Kier molecular flexibility index (Phi) is 6.20. The molecule has 0 saturated heterocycles. The molecular weight excluding hydrogens is 215 g/mol. The van der Waals surface area contributed by atoms with Crippen LogP contribution in [0, 0.1) is 0 Å². The normalized spacial score (nSPS) is 11.3. The molecule has 0 heterocycles. The molecule has 5 heteroatoms. The van der Waals surface area contributed by atoms with Crippen LogP contribution in [0.25, 0.3) is 0 Å². The van der Waals surface area contributed by atoms with E-state index in [1.807, 2.05) is 0 Å². The monoisotopic (exact) mass is 224 g/mol. The molecule has 72 valence electrons. The number of carbonyl (C=O) groups is 1. The summed E-state index contributed by atoms with van der Waals surface area (Å²) in [5.41, 5.74) is 0. The van der Waals surface area contributed by atoms with E-state index in [1.165, 1.54) is 6.92 Å². The summed E-state index contributed by atoms with van der Waals surface area (Å²) in [6.45, 7) is 1.47. The molecule has 1 aromatic carbocycles. The molecule has 0 saturated carbocycles. The van der Waals surface area contributed by atoms with Crippen molar-refractivity contribution in [2.24, 2.45) is 0 Å². The maximum atomic E-state index is 10.4. The van der Waals surface area contributed by atoms with E-state index in [9.17, 15) is 4.79 Å². The van der Waals surface area contributed by atoms with Crippen molar-refractivity contribution < 1.29 is 14.6 Å². The Labute approximate surface area is 109 Å².